The van der Waals surface area contributed by atoms with Crippen molar-refractivity contribution < 1.29 is 33.6 Å². The number of quaternary nitrogens is 1. The summed E-state index contributed by atoms with van der Waals surface area (Å²) in [6.07, 6.45) is 3.37. The summed E-state index contributed by atoms with van der Waals surface area (Å²) >= 11 is 2.42. The van der Waals surface area contributed by atoms with Crippen LogP contribution >= 0.6 is 23.7 Å². The van der Waals surface area contributed by atoms with E-state index in [0.717, 1.165) is 31.6 Å². The number of nitrogens with two attached hydrogens (primary N) is 2. The van der Waals surface area contributed by atoms with Crippen LogP contribution in [0.25, 0.3) is 0 Å². The van der Waals surface area contributed by atoms with Gasteiger partial charge in [0.15, 0.2) is 5.50 Å². The number of piperidine rings is 3. The molecule has 0 saturated carbocycles. The van der Waals surface area contributed by atoms with Gasteiger partial charge in [0.25, 0.3) is 11.8 Å². The molecule has 3 amide bonds. The van der Waals surface area contributed by atoms with Crippen LogP contribution in [-0.2, 0) is 24.0 Å². The zero-order valence-corrected chi connectivity index (χ0v) is 21.8. The van der Waals surface area contributed by atoms with Gasteiger partial charge < -0.3 is 36.0 Å². The van der Waals surface area contributed by atoms with Gasteiger partial charge in [0.1, 0.15) is 31.4 Å². The SMILES string of the molecule is CO/N=C(/C(=O)N[C@@H]1C(=O)N2C(C(=O)[O-])=C(C[N+]34CCC(C(N)=O)(CC3)CC4)CS[C@H]12)N1C=NSC1N. The number of hydrogen-bond acceptors (Lipinski definition) is 11. The van der Waals surface area contributed by atoms with Crippen LogP contribution in [0.1, 0.15) is 19.3 Å². The van der Waals surface area contributed by atoms with Crippen LogP contribution in [0, 0.1) is 5.41 Å². The second kappa shape index (κ2) is 9.49. The molecule has 4 fully saturated rings. The molecule has 37 heavy (non-hydrogen) atoms. The third kappa shape index (κ3) is 4.24. The number of hydrogen-bond donors (Lipinski definition) is 3. The summed E-state index contributed by atoms with van der Waals surface area (Å²) < 4.78 is 4.60. The van der Waals surface area contributed by atoms with Gasteiger partial charge in [-0.05, 0) is 0 Å². The van der Waals surface area contributed by atoms with Crippen LogP contribution in [0.3, 0.4) is 0 Å². The van der Waals surface area contributed by atoms with E-state index in [4.69, 9.17) is 16.3 Å². The van der Waals surface area contributed by atoms with Crippen molar-refractivity contribution in [3.8, 4) is 0 Å². The fraction of sp³-hybridized carbons (Fsp3) is 0.619. The number of fused-ring (bicyclic) bond motifs is 4. The largest absolute Gasteiger partial charge is 0.543 e. The van der Waals surface area contributed by atoms with Gasteiger partial charge in [-0.2, -0.15) is 0 Å². The third-order valence-corrected chi connectivity index (χ3v) is 10.0. The zero-order valence-electron chi connectivity index (χ0n) is 20.1. The minimum atomic E-state index is -1.42. The summed E-state index contributed by atoms with van der Waals surface area (Å²) in [6.45, 7) is 2.66. The molecule has 2 bridgehead atoms. The molecule has 6 aliphatic heterocycles. The number of primary amides is 1. The number of carbonyl (C=O) groups excluding carboxylic acids is 4. The van der Waals surface area contributed by atoms with E-state index in [1.54, 1.807) is 0 Å². The lowest BCUT2D eigenvalue weighted by molar-refractivity contribution is -0.940. The maximum Gasteiger partial charge on any atom is 0.291 e. The molecule has 5 N–H and O–H groups in total. The second-order valence-corrected chi connectivity index (χ2v) is 11.9. The molecule has 0 aromatic carbocycles. The van der Waals surface area contributed by atoms with E-state index in [9.17, 15) is 24.3 Å². The molecular formula is C21H28N8O6S2. The quantitative estimate of drug-likeness (QED) is 0.0766. The molecule has 200 valence electrons. The van der Waals surface area contributed by atoms with E-state index in [1.165, 1.54) is 35.0 Å². The van der Waals surface area contributed by atoms with E-state index >= 15 is 0 Å². The Morgan fingerprint density at radius 3 is 2.54 bits per heavy atom. The highest BCUT2D eigenvalue weighted by Gasteiger charge is 2.56. The van der Waals surface area contributed by atoms with E-state index in [1.807, 2.05) is 0 Å². The fourth-order valence-electron chi connectivity index (χ4n) is 5.80. The lowest BCUT2D eigenvalue weighted by Crippen LogP contribution is -2.72. The Kier molecular flexibility index (Phi) is 6.62. The number of amides is 3. The van der Waals surface area contributed by atoms with Crippen LogP contribution < -0.4 is 21.9 Å². The molecule has 0 aliphatic carbocycles. The molecule has 3 atom stereocenters. The van der Waals surface area contributed by atoms with Crippen LogP contribution in [0.4, 0.5) is 0 Å². The smallest absolute Gasteiger partial charge is 0.291 e. The predicted octanol–water partition coefficient (Wildman–Crippen LogP) is -2.93. The maximum absolute atomic E-state index is 13.1. The van der Waals surface area contributed by atoms with Gasteiger partial charge >= 0.3 is 0 Å². The van der Waals surface area contributed by atoms with Gasteiger partial charge in [-0.25, -0.2) is 4.40 Å². The van der Waals surface area contributed by atoms with Crippen molar-refractivity contribution in [3.05, 3.63) is 11.3 Å². The average Bonchev–Trinajstić information content (AvgIpc) is 3.31. The average molecular weight is 553 g/mol. The topological polar surface area (TPSA) is 196 Å². The van der Waals surface area contributed by atoms with E-state index in [-0.39, 0.29) is 17.4 Å². The number of carboxylic acid groups (broad SMARTS) is 1. The first-order valence-electron chi connectivity index (χ1n) is 11.8. The third-order valence-electron chi connectivity index (χ3n) is 8.01. The summed E-state index contributed by atoms with van der Waals surface area (Å²) in [6, 6.07) is -0.952. The molecule has 0 spiro atoms. The van der Waals surface area contributed by atoms with Gasteiger partial charge in [0.2, 0.25) is 11.7 Å². The lowest BCUT2D eigenvalue weighted by atomic mass is 9.70. The molecule has 6 heterocycles. The van der Waals surface area contributed by atoms with Gasteiger partial charge in [0, 0.05) is 42.5 Å². The summed E-state index contributed by atoms with van der Waals surface area (Å²) in [5.74, 6) is -2.72. The summed E-state index contributed by atoms with van der Waals surface area (Å²) in [4.78, 5) is 57.5. The first kappa shape index (κ1) is 25.8. The molecular weight excluding hydrogens is 524 g/mol. The van der Waals surface area contributed by atoms with Gasteiger partial charge in [-0.1, -0.05) is 5.16 Å². The Morgan fingerprint density at radius 2 is 2.00 bits per heavy atom. The highest BCUT2D eigenvalue weighted by molar-refractivity contribution is 8.00. The molecule has 14 nitrogen and oxygen atoms in total. The Hall–Kier alpha value is -2.82. The van der Waals surface area contributed by atoms with Gasteiger partial charge in [-0.15, -0.1) is 11.8 Å². The zero-order chi connectivity index (χ0) is 26.5. The molecule has 0 aromatic rings. The molecule has 0 aromatic heterocycles. The van der Waals surface area contributed by atoms with Crippen LogP contribution in [0.5, 0.6) is 0 Å². The van der Waals surface area contributed by atoms with E-state index in [0.29, 0.717) is 41.6 Å². The summed E-state index contributed by atoms with van der Waals surface area (Å²) in [7, 11) is 1.27. The Balaban J connectivity index is 1.31. The second-order valence-electron chi connectivity index (χ2n) is 9.89. The number of carbonyl (C=O) groups is 4. The van der Waals surface area contributed by atoms with Gasteiger partial charge in [0.05, 0.1) is 36.7 Å². The number of β-lactam (4-membered cyclic amide) rings is 1. The van der Waals surface area contributed by atoms with Crippen molar-refractivity contribution in [1.82, 2.24) is 15.1 Å². The highest BCUT2D eigenvalue weighted by atomic mass is 32.2. The number of nitrogens with one attached hydrogen (secondary N) is 1. The standard InChI is InChI=1S/C21H28N8O6S2/c1-35-26-14(27-10-24-37-20(27)23)15(30)25-12-16(31)28-13(18(32)33)11(9-36-17(12)28)8-29-5-2-21(3-6-29,4-7-29)19(22)34/h10,12,17,20H,2-9,23H2,1H3,(H3-,22,25,30,32,33,34)/b26-14-/t12-,17-,20?,21?,29?/m1/s1. The number of thioether (sulfide) groups is 1. The van der Waals surface area contributed by atoms with Crippen molar-refractivity contribution in [2.75, 3.05) is 39.0 Å². The molecule has 4 saturated heterocycles. The minimum absolute atomic E-state index is 0.125. The minimum Gasteiger partial charge on any atom is -0.543 e. The van der Waals surface area contributed by atoms with Crippen LogP contribution in [-0.4, -0.2) is 106 Å². The first-order valence-corrected chi connectivity index (χ1v) is 13.7. The van der Waals surface area contributed by atoms with Crippen molar-refractivity contribution in [1.29, 1.82) is 0 Å². The number of rotatable bonds is 6. The Bertz CT molecular complexity index is 1120. The first-order chi connectivity index (χ1) is 17.6. The number of oxime groups is 1. The normalized spacial score (nSPS) is 34.8. The molecule has 1 unspecified atom stereocenters. The van der Waals surface area contributed by atoms with Crippen molar-refractivity contribution in [2.45, 2.75) is 36.2 Å². The lowest BCUT2D eigenvalue weighted by Gasteiger charge is -2.55. The van der Waals surface area contributed by atoms with Crippen molar-refractivity contribution >= 4 is 59.6 Å². The number of amidine groups is 1. The van der Waals surface area contributed by atoms with Crippen molar-refractivity contribution in [3.63, 3.8) is 0 Å². The van der Waals surface area contributed by atoms with Crippen molar-refractivity contribution in [2.24, 2.45) is 26.4 Å². The number of nitrogens with zero attached hydrogens (tertiary/aromatic N) is 5. The highest BCUT2D eigenvalue weighted by Crippen LogP contribution is 2.46. The number of carboxylic acids is 1. The predicted molar refractivity (Wildman–Crippen MR) is 133 cm³/mol. The Labute approximate surface area is 221 Å². The van der Waals surface area contributed by atoms with Gasteiger partial charge in [-0.3, -0.25) is 24.2 Å². The fourth-order valence-corrected chi connectivity index (χ4v) is 7.67. The molecule has 16 heteroatoms. The summed E-state index contributed by atoms with van der Waals surface area (Å²) in [5.41, 5.74) is 10.9. The summed E-state index contributed by atoms with van der Waals surface area (Å²) in [5, 5.41) is 18.0. The van der Waals surface area contributed by atoms with Crippen LogP contribution in [0.15, 0.2) is 20.8 Å². The maximum atomic E-state index is 13.1. The monoisotopic (exact) mass is 552 g/mol. The molecule has 0 radical (unpaired) electrons. The Morgan fingerprint density at radius 1 is 1.32 bits per heavy atom. The van der Waals surface area contributed by atoms with Crippen LogP contribution in [0.2, 0.25) is 0 Å². The molecule has 6 aliphatic rings. The molecule has 6 rings (SSSR count). The van der Waals surface area contributed by atoms with E-state index in [2.05, 4.69) is 14.9 Å². The van der Waals surface area contributed by atoms with E-state index < -0.39 is 40.1 Å². The number of aliphatic carboxylic acids is 1.